The molecule has 0 aliphatic rings. The van der Waals surface area contributed by atoms with Crippen molar-refractivity contribution in [3.05, 3.63) is 86.0 Å². The van der Waals surface area contributed by atoms with Crippen LogP contribution in [0.15, 0.2) is 59.7 Å². The number of nitrogens with zero attached hydrogens (tertiary/aromatic N) is 3. The lowest BCUT2D eigenvalue weighted by Crippen LogP contribution is -2.17. The molecular formula is C16H12N4O5. The molecular weight excluding hydrogens is 328 g/mol. The zero-order valence-corrected chi connectivity index (χ0v) is 12.7. The number of allylic oxidation sites excluding steroid dienone is 1. The van der Waals surface area contributed by atoms with E-state index in [4.69, 9.17) is 0 Å². The summed E-state index contributed by atoms with van der Waals surface area (Å²) in [7, 11) is 0. The van der Waals surface area contributed by atoms with Crippen molar-refractivity contribution < 1.29 is 14.6 Å². The van der Waals surface area contributed by atoms with Crippen LogP contribution in [-0.2, 0) is 0 Å². The molecule has 0 bridgehead atoms. The number of nitro groups is 2. The molecule has 0 radical (unpaired) electrons. The van der Waals surface area contributed by atoms with Gasteiger partial charge in [0, 0.05) is 18.3 Å². The average molecular weight is 340 g/mol. The van der Waals surface area contributed by atoms with E-state index in [0.717, 1.165) is 23.8 Å². The molecule has 0 aromatic heterocycles. The summed E-state index contributed by atoms with van der Waals surface area (Å²) in [5, 5.41) is 25.3. The Balaban J connectivity index is 2.07. The first-order chi connectivity index (χ1) is 12.0. The van der Waals surface area contributed by atoms with Crippen molar-refractivity contribution in [2.24, 2.45) is 5.10 Å². The minimum Gasteiger partial charge on any atom is -0.267 e. The maximum absolute atomic E-state index is 11.9. The maximum atomic E-state index is 11.9. The number of carbonyl (C=O) groups excluding carboxylic acids is 1. The molecule has 0 atom stereocenters. The van der Waals surface area contributed by atoms with Gasteiger partial charge in [0.1, 0.15) is 0 Å². The summed E-state index contributed by atoms with van der Waals surface area (Å²) < 4.78 is 0. The third kappa shape index (κ3) is 5.06. The van der Waals surface area contributed by atoms with Gasteiger partial charge < -0.3 is 0 Å². The van der Waals surface area contributed by atoms with Gasteiger partial charge >= 0.3 is 0 Å². The van der Waals surface area contributed by atoms with Gasteiger partial charge in [-0.3, -0.25) is 25.0 Å². The van der Waals surface area contributed by atoms with Crippen LogP contribution in [0.5, 0.6) is 0 Å². The largest absolute Gasteiger partial charge is 0.277 e. The molecule has 0 heterocycles. The van der Waals surface area contributed by atoms with Crippen LogP contribution in [0.25, 0.3) is 6.08 Å². The molecule has 0 aliphatic heterocycles. The predicted octanol–water partition coefficient (Wildman–Crippen LogP) is 2.93. The van der Waals surface area contributed by atoms with Gasteiger partial charge in [0.25, 0.3) is 17.3 Å². The normalized spacial score (nSPS) is 10.9. The van der Waals surface area contributed by atoms with Crippen molar-refractivity contribution >= 4 is 29.6 Å². The first-order valence-corrected chi connectivity index (χ1v) is 6.96. The summed E-state index contributed by atoms with van der Waals surface area (Å²) in [6.45, 7) is 0. The Morgan fingerprint density at radius 3 is 2.16 bits per heavy atom. The summed E-state index contributed by atoms with van der Waals surface area (Å²) in [5.74, 6) is -0.795. The fourth-order valence-electron chi connectivity index (χ4n) is 1.86. The minimum atomic E-state index is -0.810. The summed E-state index contributed by atoms with van der Waals surface area (Å²) in [4.78, 5) is 31.9. The molecule has 0 unspecified atom stereocenters. The molecule has 1 N–H and O–H groups in total. The first-order valence-electron chi connectivity index (χ1n) is 6.96. The van der Waals surface area contributed by atoms with E-state index in [9.17, 15) is 25.0 Å². The van der Waals surface area contributed by atoms with Crippen LogP contribution < -0.4 is 5.43 Å². The second kappa shape index (κ2) is 8.11. The molecule has 0 spiro atoms. The Bertz CT molecular complexity index is 830. The van der Waals surface area contributed by atoms with Crippen molar-refractivity contribution in [3.8, 4) is 0 Å². The van der Waals surface area contributed by atoms with E-state index in [-0.39, 0.29) is 5.56 Å². The maximum Gasteiger partial charge on any atom is 0.277 e. The number of benzene rings is 2. The molecule has 0 saturated heterocycles. The third-order valence-electron chi connectivity index (χ3n) is 3.00. The zero-order chi connectivity index (χ0) is 18.2. The number of hydrogen-bond donors (Lipinski definition) is 1. The zero-order valence-electron chi connectivity index (χ0n) is 12.7. The molecule has 0 fully saturated rings. The van der Waals surface area contributed by atoms with E-state index in [1.54, 1.807) is 12.2 Å². The fourth-order valence-corrected chi connectivity index (χ4v) is 1.86. The highest BCUT2D eigenvalue weighted by Crippen LogP contribution is 2.22. The second-order valence-corrected chi connectivity index (χ2v) is 4.74. The second-order valence-electron chi connectivity index (χ2n) is 4.74. The smallest absolute Gasteiger partial charge is 0.267 e. The SMILES string of the molecule is O=C(N/N=C\C=C\c1ccccc1)c1cc([N+](=O)[O-])cc([N+](=O)[O-])c1. The molecule has 2 rings (SSSR count). The van der Waals surface area contributed by atoms with Gasteiger partial charge in [-0.05, 0) is 11.6 Å². The number of non-ortho nitro benzene ring substituents is 2. The van der Waals surface area contributed by atoms with Crippen LogP contribution in [0.3, 0.4) is 0 Å². The van der Waals surface area contributed by atoms with Crippen LogP contribution in [-0.4, -0.2) is 22.0 Å². The van der Waals surface area contributed by atoms with Gasteiger partial charge in [-0.1, -0.05) is 36.4 Å². The highest BCUT2D eigenvalue weighted by atomic mass is 16.6. The summed E-state index contributed by atoms with van der Waals surface area (Å²) >= 11 is 0. The van der Waals surface area contributed by atoms with Crippen molar-refractivity contribution in [1.82, 2.24) is 5.43 Å². The molecule has 9 nitrogen and oxygen atoms in total. The molecule has 0 saturated carbocycles. The number of nitrogens with one attached hydrogen (secondary N) is 1. The van der Waals surface area contributed by atoms with E-state index in [2.05, 4.69) is 10.5 Å². The number of rotatable bonds is 6. The average Bonchev–Trinajstić information content (AvgIpc) is 2.61. The van der Waals surface area contributed by atoms with E-state index < -0.39 is 27.1 Å². The molecule has 25 heavy (non-hydrogen) atoms. The Kier molecular flexibility index (Phi) is 5.67. The molecule has 2 aromatic rings. The monoisotopic (exact) mass is 340 g/mol. The number of hydrogen-bond acceptors (Lipinski definition) is 6. The van der Waals surface area contributed by atoms with Gasteiger partial charge in [-0.25, -0.2) is 5.43 Å². The van der Waals surface area contributed by atoms with Gasteiger partial charge in [0.2, 0.25) is 0 Å². The van der Waals surface area contributed by atoms with Crippen molar-refractivity contribution in [2.45, 2.75) is 0 Å². The Labute approximate surface area is 141 Å². The molecule has 2 aromatic carbocycles. The van der Waals surface area contributed by atoms with Crippen molar-refractivity contribution in [2.75, 3.05) is 0 Å². The van der Waals surface area contributed by atoms with Crippen LogP contribution >= 0.6 is 0 Å². The molecule has 1 amide bonds. The summed E-state index contributed by atoms with van der Waals surface area (Å²) in [6.07, 6.45) is 4.66. The molecule has 9 heteroatoms. The lowest BCUT2D eigenvalue weighted by Gasteiger charge is -2.00. The van der Waals surface area contributed by atoms with Crippen LogP contribution in [0.2, 0.25) is 0 Å². The Morgan fingerprint density at radius 1 is 1.00 bits per heavy atom. The number of nitro benzene ring substituents is 2. The highest BCUT2D eigenvalue weighted by Gasteiger charge is 2.19. The van der Waals surface area contributed by atoms with Gasteiger partial charge in [-0.15, -0.1) is 0 Å². The number of hydrazone groups is 1. The Morgan fingerprint density at radius 2 is 1.60 bits per heavy atom. The predicted molar refractivity (Wildman–Crippen MR) is 91.2 cm³/mol. The molecule has 0 aliphatic carbocycles. The van der Waals surface area contributed by atoms with Gasteiger partial charge in [0.15, 0.2) is 0 Å². The van der Waals surface area contributed by atoms with Crippen molar-refractivity contribution in [1.29, 1.82) is 0 Å². The summed E-state index contributed by atoms with van der Waals surface area (Å²) in [5.41, 5.74) is 1.76. The summed E-state index contributed by atoms with van der Waals surface area (Å²) in [6, 6.07) is 12.0. The van der Waals surface area contributed by atoms with Crippen molar-refractivity contribution in [3.63, 3.8) is 0 Å². The quantitative estimate of drug-likeness (QED) is 0.491. The number of carbonyl (C=O) groups is 1. The van der Waals surface area contributed by atoms with Crippen LogP contribution in [0.4, 0.5) is 11.4 Å². The standard InChI is InChI=1S/C16H12N4O5/c21-16(18-17-8-4-7-12-5-2-1-3-6-12)13-9-14(19(22)23)11-15(10-13)20(24)25/h1-11H,(H,18,21)/b7-4+,17-8-. The third-order valence-corrected chi connectivity index (χ3v) is 3.00. The molecule has 126 valence electrons. The van der Waals surface area contributed by atoms with E-state index in [1.807, 2.05) is 30.3 Å². The van der Waals surface area contributed by atoms with Crippen LogP contribution in [0.1, 0.15) is 15.9 Å². The van der Waals surface area contributed by atoms with E-state index >= 15 is 0 Å². The fraction of sp³-hybridized carbons (Fsp3) is 0. The minimum absolute atomic E-state index is 0.231. The number of amides is 1. The van der Waals surface area contributed by atoms with E-state index in [1.165, 1.54) is 6.21 Å². The van der Waals surface area contributed by atoms with Crippen LogP contribution in [0, 0.1) is 20.2 Å². The topological polar surface area (TPSA) is 128 Å². The van der Waals surface area contributed by atoms with Gasteiger partial charge in [0.05, 0.1) is 21.5 Å². The lowest BCUT2D eigenvalue weighted by atomic mass is 10.1. The van der Waals surface area contributed by atoms with Gasteiger partial charge in [-0.2, -0.15) is 5.10 Å². The highest BCUT2D eigenvalue weighted by molar-refractivity contribution is 5.96. The van der Waals surface area contributed by atoms with E-state index in [0.29, 0.717) is 0 Å². The lowest BCUT2D eigenvalue weighted by molar-refractivity contribution is -0.394. The first kappa shape index (κ1) is 17.5. The Hall–Kier alpha value is -3.88.